The molecule has 0 radical (unpaired) electrons. The van der Waals surface area contributed by atoms with Gasteiger partial charge in [-0.15, -0.1) is 0 Å². The Labute approximate surface area is 124 Å². The topological polar surface area (TPSA) is 15.3 Å². The second-order valence-electron chi connectivity index (χ2n) is 6.03. The summed E-state index contributed by atoms with van der Waals surface area (Å²) < 4.78 is 0. The van der Waals surface area contributed by atoms with Crippen LogP contribution in [0.4, 0.5) is 0 Å². The van der Waals surface area contributed by atoms with Crippen molar-refractivity contribution in [1.82, 2.24) is 10.2 Å². The lowest BCUT2D eigenvalue weighted by Gasteiger charge is -2.37. The lowest BCUT2D eigenvalue weighted by molar-refractivity contribution is 0.129. The molecule has 2 rings (SSSR count). The monoisotopic (exact) mass is 274 g/mol. The van der Waals surface area contributed by atoms with E-state index in [1.54, 1.807) is 0 Å². The maximum absolute atomic E-state index is 3.52. The third-order valence-corrected chi connectivity index (χ3v) is 4.61. The number of benzene rings is 1. The van der Waals surface area contributed by atoms with Gasteiger partial charge < -0.3 is 10.2 Å². The first-order valence-corrected chi connectivity index (χ1v) is 8.31. The van der Waals surface area contributed by atoms with E-state index in [0.29, 0.717) is 6.04 Å². The summed E-state index contributed by atoms with van der Waals surface area (Å²) in [5.41, 5.74) is 1.43. The van der Waals surface area contributed by atoms with Gasteiger partial charge in [-0.1, -0.05) is 50.1 Å². The number of hydrogen-bond donors (Lipinski definition) is 1. The largest absolute Gasteiger partial charge is 0.313 e. The molecule has 0 bridgehead atoms. The highest BCUT2D eigenvalue weighted by molar-refractivity contribution is 5.19. The highest BCUT2D eigenvalue weighted by Gasteiger charge is 2.24. The predicted octanol–water partition coefficient (Wildman–Crippen LogP) is 3.99. The normalized spacial score (nSPS) is 21.8. The molecule has 0 saturated carbocycles. The fraction of sp³-hybridized carbons (Fsp3) is 0.667. The Kier molecular flexibility index (Phi) is 6.55. The summed E-state index contributed by atoms with van der Waals surface area (Å²) >= 11 is 0. The number of piperidine rings is 1. The molecule has 2 nitrogen and oxygen atoms in total. The van der Waals surface area contributed by atoms with E-state index in [1.165, 1.54) is 57.2 Å². The van der Waals surface area contributed by atoms with Gasteiger partial charge in [0.15, 0.2) is 0 Å². The van der Waals surface area contributed by atoms with Crippen LogP contribution < -0.4 is 5.32 Å². The van der Waals surface area contributed by atoms with Crippen molar-refractivity contribution in [3.05, 3.63) is 35.9 Å². The van der Waals surface area contributed by atoms with E-state index in [9.17, 15) is 0 Å². The summed E-state index contributed by atoms with van der Waals surface area (Å²) in [5.74, 6) is 0. The standard InChI is InChI=1S/C18H30N2/c1-3-4-13-20-14-9-8-12-17(20)15-18(19-2)16-10-6-5-7-11-16/h5-7,10-11,17-19H,3-4,8-9,12-15H2,1-2H3. The average molecular weight is 274 g/mol. The minimum absolute atomic E-state index is 0.489. The van der Waals surface area contributed by atoms with Gasteiger partial charge in [-0.05, 0) is 51.4 Å². The number of nitrogens with one attached hydrogen (secondary N) is 1. The number of unbranched alkanes of at least 4 members (excludes halogenated alkanes) is 1. The third kappa shape index (κ3) is 4.32. The Balaban J connectivity index is 1.97. The summed E-state index contributed by atoms with van der Waals surface area (Å²) in [5, 5.41) is 3.52. The second-order valence-corrected chi connectivity index (χ2v) is 6.03. The van der Waals surface area contributed by atoms with Gasteiger partial charge in [0.1, 0.15) is 0 Å². The molecule has 1 aromatic carbocycles. The molecule has 1 aromatic rings. The van der Waals surface area contributed by atoms with Gasteiger partial charge in [-0.2, -0.15) is 0 Å². The number of nitrogens with zero attached hydrogens (tertiary/aromatic N) is 1. The zero-order chi connectivity index (χ0) is 14.2. The van der Waals surface area contributed by atoms with Crippen LogP contribution in [0.1, 0.15) is 57.1 Å². The smallest absolute Gasteiger partial charge is 0.0332 e. The van der Waals surface area contributed by atoms with Crippen molar-refractivity contribution in [2.45, 2.75) is 57.5 Å². The summed E-state index contributed by atoms with van der Waals surface area (Å²) in [6.45, 7) is 4.88. The summed E-state index contributed by atoms with van der Waals surface area (Å²) in [7, 11) is 2.09. The van der Waals surface area contributed by atoms with Gasteiger partial charge in [-0.3, -0.25) is 0 Å². The lowest BCUT2D eigenvalue weighted by atomic mass is 9.92. The zero-order valence-electron chi connectivity index (χ0n) is 13.1. The van der Waals surface area contributed by atoms with Gasteiger partial charge >= 0.3 is 0 Å². The Morgan fingerprint density at radius 3 is 2.75 bits per heavy atom. The molecule has 1 aliphatic rings. The molecule has 1 fully saturated rings. The molecule has 0 spiro atoms. The first-order valence-electron chi connectivity index (χ1n) is 8.31. The molecule has 2 atom stereocenters. The minimum Gasteiger partial charge on any atom is -0.313 e. The molecule has 0 amide bonds. The Hall–Kier alpha value is -0.860. The van der Waals surface area contributed by atoms with Crippen molar-refractivity contribution in [2.24, 2.45) is 0 Å². The quantitative estimate of drug-likeness (QED) is 0.808. The Morgan fingerprint density at radius 2 is 2.05 bits per heavy atom. The molecule has 20 heavy (non-hydrogen) atoms. The minimum atomic E-state index is 0.489. The van der Waals surface area contributed by atoms with Crippen LogP contribution in [-0.2, 0) is 0 Å². The van der Waals surface area contributed by atoms with Crippen molar-refractivity contribution < 1.29 is 0 Å². The highest BCUT2D eigenvalue weighted by atomic mass is 15.2. The number of rotatable bonds is 7. The first kappa shape index (κ1) is 15.5. The fourth-order valence-corrected chi connectivity index (χ4v) is 3.36. The van der Waals surface area contributed by atoms with E-state index in [4.69, 9.17) is 0 Å². The van der Waals surface area contributed by atoms with E-state index >= 15 is 0 Å². The van der Waals surface area contributed by atoms with E-state index < -0.39 is 0 Å². The summed E-state index contributed by atoms with van der Waals surface area (Å²) in [4.78, 5) is 2.74. The molecule has 1 saturated heterocycles. The van der Waals surface area contributed by atoms with E-state index in [-0.39, 0.29) is 0 Å². The van der Waals surface area contributed by atoms with E-state index in [0.717, 1.165) is 6.04 Å². The van der Waals surface area contributed by atoms with Crippen LogP contribution in [0.25, 0.3) is 0 Å². The van der Waals surface area contributed by atoms with E-state index in [1.807, 2.05) is 0 Å². The van der Waals surface area contributed by atoms with Crippen molar-refractivity contribution in [3.8, 4) is 0 Å². The molecule has 1 aliphatic heterocycles. The van der Waals surface area contributed by atoms with Crippen LogP contribution in [0.5, 0.6) is 0 Å². The van der Waals surface area contributed by atoms with Crippen LogP contribution in [-0.4, -0.2) is 31.1 Å². The van der Waals surface area contributed by atoms with Gasteiger partial charge in [0.25, 0.3) is 0 Å². The van der Waals surface area contributed by atoms with Crippen molar-refractivity contribution in [1.29, 1.82) is 0 Å². The average Bonchev–Trinajstić information content (AvgIpc) is 2.52. The fourth-order valence-electron chi connectivity index (χ4n) is 3.36. The molecular weight excluding hydrogens is 244 g/mol. The van der Waals surface area contributed by atoms with E-state index in [2.05, 4.69) is 54.5 Å². The van der Waals surface area contributed by atoms with Crippen LogP contribution in [0.15, 0.2) is 30.3 Å². The van der Waals surface area contributed by atoms with Gasteiger partial charge in [0.2, 0.25) is 0 Å². The van der Waals surface area contributed by atoms with Gasteiger partial charge in [-0.25, -0.2) is 0 Å². The van der Waals surface area contributed by atoms with Crippen molar-refractivity contribution in [3.63, 3.8) is 0 Å². The Morgan fingerprint density at radius 1 is 1.25 bits per heavy atom. The molecule has 0 aliphatic carbocycles. The van der Waals surface area contributed by atoms with Gasteiger partial charge in [0, 0.05) is 12.1 Å². The maximum atomic E-state index is 3.52. The Bertz CT molecular complexity index is 363. The number of likely N-dealkylation sites (tertiary alicyclic amines) is 1. The maximum Gasteiger partial charge on any atom is 0.0332 e. The third-order valence-electron chi connectivity index (χ3n) is 4.61. The van der Waals surface area contributed by atoms with Crippen LogP contribution in [0.2, 0.25) is 0 Å². The molecule has 112 valence electrons. The lowest BCUT2D eigenvalue weighted by Crippen LogP contribution is -2.42. The van der Waals surface area contributed by atoms with Crippen LogP contribution in [0, 0.1) is 0 Å². The number of hydrogen-bond acceptors (Lipinski definition) is 2. The molecule has 2 unspecified atom stereocenters. The molecular formula is C18H30N2. The molecule has 1 N–H and O–H groups in total. The zero-order valence-corrected chi connectivity index (χ0v) is 13.1. The predicted molar refractivity (Wildman–Crippen MR) is 87.0 cm³/mol. The van der Waals surface area contributed by atoms with Crippen LogP contribution >= 0.6 is 0 Å². The molecule has 2 heteroatoms. The molecule has 0 aromatic heterocycles. The summed E-state index contributed by atoms with van der Waals surface area (Å²) in [6.07, 6.45) is 8.04. The highest BCUT2D eigenvalue weighted by Crippen LogP contribution is 2.26. The first-order chi connectivity index (χ1) is 9.85. The van der Waals surface area contributed by atoms with Gasteiger partial charge in [0.05, 0.1) is 0 Å². The van der Waals surface area contributed by atoms with Crippen LogP contribution in [0.3, 0.4) is 0 Å². The van der Waals surface area contributed by atoms with Crippen molar-refractivity contribution >= 4 is 0 Å². The molecule has 1 heterocycles. The van der Waals surface area contributed by atoms with Crippen molar-refractivity contribution in [2.75, 3.05) is 20.1 Å². The second kappa shape index (κ2) is 8.43. The SMILES string of the molecule is CCCCN1CCCCC1CC(NC)c1ccccc1. The summed E-state index contributed by atoms with van der Waals surface area (Å²) in [6, 6.07) is 12.1.